The minimum Gasteiger partial charge on any atom is -0.291 e. The van der Waals surface area contributed by atoms with Crippen molar-refractivity contribution in [1.82, 2.24) is 9.55 Å². The molecule has 1 aromatic heterocycles. The molecule has 1 aromatic carbocycles. The highest BCUT2D eigenvalue weighted by Crippen LogP contribution is 2.30. The summed E-state index contributed by atoms with van der Waals surface area (Å²) in [5.41, 5.74) is -1.64. The van der Waals surface area contributed by atoms with Gasteiger partial charge in [-0.15, -0.1) is 0 Å². The first kappa shape index (κ1) is 13.6. The monoisotopic (exact) mass is 288 g/mol. The number of rotatable bonds is 1. The smallest absolute Gasteiger partial charge is 0.291 e. The van der Waals surface area contributed by atoms with E-state index in [1.54, 1.807) is 0 Å². The maximum absolute atomic E-state index is 12.8. The number of hydrogen-bond acceptors (Lipinski definition) is 2. The van der Waals surface area contributed by atoms with E-state index in [1.165, 1.54) is 24.3 Å². The molecular weight excluding hydrogens is 281 g/mol. The van der Waals surface area contributed by atoms with Crippen molar-refractivity contribution >= 4 is 11.6 Å². The lowest BCUT2D eigenvalue weighted by Gasteiger charge is -2.12. The van der Waals surface area contributed by atoms with Crippen LogP contribution in [0.1, 0.15) is 5.69 Å². The summed E-state index contributed by atoms with van der Waals surface area (Å²) in [4.78, 5) is 15.1. The molecule has 0 radical (unpaired) electrons. The van der Waals surface area contributed by atoms with Crippen LogP contribution < -0.4 is 5.69 Å². The molecule has 3 nitrogen and oxygen atoms in total. The van der Waals surface area contributed by atoms with Crippen LogP contribution in [0.2, 0.25) is 5.02 Å². The molecular formula is C12H8ClF3N2O. The highest BCUT2D eigenvalue weighted by Gasteiger charge is 2.34. The molecule has 0 bridgehead atoms. The predicted molar refractivity (Wildman–Crippen MR) is 64.9 cm³/mol. The zero-order valence-corrected chi connectivity index (χ0v) is 10.5. The number of benzene rings is 1. The van der Waals surface area contributed by atoms with Crippen LogP contribution in [0, 0.1) is 0 Å². The van der Waals surface area contributed by atoms with Crippen molar-refractivity contribution in [2.75, 3.05) is 0 Å². The third-order valence-corrected chi connectivity index (χ3v) is 2.82. The molecule has 7 heteroatoms. The lowest BCUT2D eigenvalue weighted by atomic mass is 10.1. The molecule has 0 aliphatic heterocycles. The summed E-state index contributed by atoms with van der Waals surface area (Å²) in [5, 5.41) is 0.448. The van der Waals surface area contributed by atoms with Gasteiger partial charge in [0.1, 0.15) is 5.69 Å². The summed E-state index contributed by atoms with van der Waals surface area (Å²) < 4.78 is 38.8. The van der Waals surface area contributed by atoms with Crippen LogP contribution in [0.25, 0.3) is 11.3 Å². The topological polar surface area (TPSA) is 34.9 Å². The van der Waals surface area contributed by atoms with Crippen molar-refractivity contribution in [3.05, 3.63) is 51.5 Å². The summed E-state index contributed by atoms with van der Waals surface area (Å²) in [5.74, 6) is 0. The summed E-state index contributed by atoms with van der Waals surface area (Å²) in [6, 6.07) is 6.88. The van der Waals surface area contributed by atoms with Gasteiger partial charge in [0, 0.05) is 17.6 Å². The molecule has 0 fully saturated rings. The Bertz CT molecular complexity index is 662. The molecule has 0 aliphatic rings. The third-order valence-electron chi connectivity index (χ3n) is 2.57. The maximum Gasteiger partial charge on any atom is 0.431 e. The zero-order chi connectivity index (χ0) is 14.2. The Morgan fingerprint density at radius 2 is 1.79 bits per heavy atom. The second kappa shape index (κ2) is 4.70. The number of nitrogens with zero attached hydrogens (tertiary/aromatic N) is 2. The SMILES string of the molecule is Cn1c(C(F)(F)F)cc(-c2ccc(Cl)cc2)nc1=O. The number of aromatic nitrogens is 2. The van der Waals surface area contributed by atoms with Gasteiger partial charge in [-0.2, -0.15) is 18.2 Å². The number of hydrogen-bond donors (Lipinski definition) is 0. The van der Waals surface area contributed by atoms with Gasteiger partial charge in [-0.1, -0.05) is 23.7 Å². The zero-order valence-electron chi connectivity index (χ0n) is 9.70. The van der Waals surface area contributed by atoms with Crippen LogP contribution in [0.15, 0.2) is 35.1 Å². The first-order valence-corrected chi connectivity index (χ1v) is 5.58. The van der Waals surface area contributed by atoms with Crippen molar-refractivity contribution in [2.24, 2.45) is 7.05 Å². The molecule has 0 spiro atoms. The average Bonchev–Trinajstić information content (AvgIpc) is 2.32. The van der Waals surface area contributed by atoms with E-state index in [1.807, 2.05) is 0 Å². The molecule has 0 amide bonds. The molecule has 0 unspecified atom stereocenters. The molecule has 0 saturated carbocycles. The van der Waals surface area contributed by atoms with E-state index in [0.717, 1.165) is 13.1 Å². The second-order valence-corrected chi connectivity index (χ2v) is 4.31. The van der Waals surface area contributed by atoms with Crippen molar-refractivity contribution in [1.29, 1.82) is 0 Å². The van der Waals surface area contributed by atoms with Gasteiger partial charge >= 0.3 is 11.9 Å². The van der Waals surface area contributed by atoms with Crippen molar-refractivity contribution in [3.63, 3.8) is 0 Å². The third kappa shape index (κ3) is 2.78. The average molecular weight is 289 g/mol. The number of alkyl halides is 3. The van der Waals surface area contributed by atoms with Gasteiger partial charge < -0.3 is 0 Å². The van der Waals surface area contributed by atoms with Gasteiger partial charge in [0.05, 0.1) is 5.69 Å². The molecule has 0 N–H and O–H groups in total. The van der Waals surface area contributed by atoms with Gasteiger partial charge in [-0.3, -0.25) is 4.57 Å². The van der Waals surface area contributed by atoms with Crippen LogP contribution in [-0.2, 0) is 13.2 Å². The Morgan fingerprint density at radius 1 is 1.21 bits per heavy atom. The summed E-state index contributed by atoms with van der Waals surface area (Å²) in [7, 11) is 1.03. The molecule has 0 atom stereocenters. The lowest BCUT2D eigenvalue weighted by Crippen LogP contribution is -2.28. The van der Waals surface area contributed by atoms with E-state index in [9.17, 15) is 18.0 Å². The standard InChI is InChI=1S/C12H8ClF3N2O/c1-18-10(12(14,15)16)6-9(17-11(18)19)7-2-4-8(13)5-3-7/h2-6H,1H3. The van der Waals surface area contributed by atoms with Gasteiger partial charge in [-0.25, -0.2) is 4.79 Å². The normalized spacial score (nSPS) is 11.6. The second-order valence-electron chi connectivity index (χ2n) is 3.87. The largest absolute Gasteiger partial charge is 0.431 e. The van der Waals surface area contributed by atoms with E-state index in [0.29, 0.717) is 15.2 Å². The van der Waals surface area contributed by atoms with Gasteiger partial charge in [0.25, 0.3) is 0 Å². The molecule has 100 valence electrons. The van der Waals surface area contributed by atoms with Crippen LogP contribution >= 0.6 is 11.6 Å². The van der Waals surface area contributed by atoms with E-state index < -0.39 is 17.6 Å². The highest BCUT2D eigenvalue weighted by molar-refractivity contribution is 6.30. The molecule has 2 rings (SSSR count). The predicted octanol–water partition coefficient (Wildman–Crippen LogP) is 3.12. The van der Waals surface area contributed by atoms with Crippen LogP contribution in [0.3, 0.4) is 0 Å². The molecule has 0 saturated heterocycles. The number of halogens is 4. The Balaban J connectivity index is 2.63. The fraction of sp³-hybridized carbons (Fsp3) is 0.167. The summed E-state index contributed by atoms with van der Waals surface area (Å²) >= 11 is 5.69. The maximum atomic E-state index is 12.8. The Morgan fingerprint density at radius 3 is 2.32 bits per heavy atom. The summed E-state index contributed by atoms with van der Waals surface area (Å²) in [6.45, 7) is 0. The molecule has 0 aliphatic carbocycles. The van der Waals surface area contributed by atoms with Crippen molar-refractivity contribution in [3.8, 4) is 11.3 Å². The van der Waals surface area contributed by atoms with E-state index in [2.05, 4.69) is 4.98 Å². The van der Waals surface area contributed by atoms with Crippen molar-refractivity contribution in [2.45, 2.75) is 6.18 Å². The first-order chi connectivity index (χ1) is 8.79. The Kier molecular flexibility index (Phi) is 3.36. The fourth-order valence-electron chi connectivity index (χ4n) is 1.58. The van der Waals surface area contributed by atoms with Crippen LogP contribution in [0.5, 0.6) is 0 Å². The van der Waals surface area contributed by atoms with Crippen molar-refractivity contribution < 1.29 is 13.2 Å². The van der Waals surface area contributed by atoms with Crippen LogP contribution in [-0.4, -0.2) is 9.55 Å². The van der Waals surface area contributed by atoms with E-state index in [-0.39, 0.29) is 5.69 Å². The molecule has 1 heterocycles. The Labute approximate surface area is 111 Å². The fourth-order valence-corrected chi connectivity index (χ4v) is 1.71. The molecule has 19 heavy (non-hydrogen) atoms. The Hall–Kier alpha value is -1.82. The first-order valence-electron chi connectivity index (χ1n) is 5.20. The van der Waals surface area contributed by atoms with E-state index >= 15 is 0 Å². The lowest BCUT2D eigenvalue weighted by molar-refractivity contribution is -0.143. The minimum absolute atomic E-state index is 0.0351. The van der Waals surface area contributed by atoms with E-state index in [4.69, 9.17) is 11.6 Å². The highest BCUT2D eigenvalue weighted by atomic mass is 35.5. The molecule has 2 aromatic rings. The van der Waals surface area contributed by atoms with Gasteiger partial charge in [0.2, 0.25) is 0 Å². The minimum atomic E-state index is -4.61. The van der Waals surface area contributed by atoms with Gasteiger partial charge in [0.15, 0.2) is 0 Å². The van der Waals surface area contributed by atoms with Crippen LogP contribution in [0.4, 0.5) is 13.2 Å². The quantitative estimate of drug-likeness (QED) is 0.808. The van der Waals surface area contributed by atoms with Gasteiger partial charge in [-0.05, 0) is 18.2 Å². The summed E-state index contributed by atoms with van der Waals surface area (Å²) in [6.07, 6.45) is -4.61.